The largest absolute Gasteiger partial charge is 0.407 e. The molecular formula is C8H11ClN4O2. The first-order valence-electron chi connectivity index (χ1n) is 4.58. The van der Waals surface area contributed by atoms with Crippen LogP contribution in [0, 0.1) is 0 Å². The van der Waals surface area contributed by atoms with Crippen molar-refractivity contribution in [2.45, 2.75) is 5.88 Å². The number of carbonyl (C=O) groups is 1. The minimum absolute atomic E-state index is 0.0480. The quantitative estimate of drug-likeness (QED) is 0.674. The van der Waals surface area contributed by atoms with E-state index in [4.69, 9.17) is 16.0 Å². The van der Waals surface area contributed by atoms with E-state index >= 15 is 0 Å². The van der Waals surface area contributed by atoms with Crippen molar-refractivity contribution in [2.24, 2.45) is 0 Å². The number of anilines is 1. The van der Waals surface area contributed by atoms with E-state index in [1.807, 2.05) is 0 Å². The maximum absolute atomic E-state index is 11.4. The second kappa shape index (κ2) is 4.06. The molecule has 1 saturated heterocycles. The molecule has 82 valence electrons. The Balaban J connectivity index is 2.08. The summed E-state index contributed by atoms with van der Waals surface area (Å²) in [7, 11) is 1.78. The molecule has 2 rings (SSSR count). The van der Waals surface area contributed by atoms with Crippen molar-refractivity contribution in [3.63, 3.8) is 0 Å². The summed E-state index contributed by atoms with van der Waals surface area (Å²) in [4.78, 5) is 14.9. The summed E-state index contributed by atoms with van der Waals surface area (Å²) in [6, 6.07) is 0.368. The Hall–Kier alpha value is -1.30. The average Bonchev–Trinajstić information content (AvgIpc) is 2.70. The molecule has 0 N–H and O–H groups in total. The van der Waals surface area contributed by atoms with E-state index in [2.05, 4.69) is 10.2 Å². The molecule has 1 aromatic heterocycles. The van der Waals surface area contributed by atoms with Crippen LogP contribution in [-0.2, 0) is 10.7 Å². The molecule has 0 aliphatic carbocycles. The second-order valence-corrected chi connectivity index (χ2v) is 3.62. The molecular weight excluding hydrogens is 220 g/mol. The fraction of sp³-hybridized carbons (Fsp3) is 0.625. The molecule has 2 heterocycles. The molecule has 0 unspecified atom stereocenters. The fourth-order valence-electron chi connectivity index (χ4n) is 1.35. The van der Waals surface area contributed by atoms with Gasteiger partial charge in [-0.05, 0) is 0 Å². The molecule has 0 saturated carbocycles. The topological polar surface area (TPSA) is 62.5 Å². The number of hydrogen-bond acceptors (Lipinski definition) is 5. The summed E-state index contributed by atoms with van der Waals surface area (Å²) in [6.45, 7) is 1.64. The lowest BCUT2D eigenvalue weighted by atomic mass is 10.3. The maximum Gasteiger partial charge on any atom is 0.318 e. The van der Waals surface area contributed by atoms with Crippen molar-refractivity contribution in [1.82, 2.24) is 15.1 Å². The predicted octanol–water partition coefficient (Wildman–Crippen LogP) is 0.0868. The van der Waals surface area contributed by atoms with Crippen molar-refractivity contribution in [3.05, 3.63) is 5.89 Å². The van der Waals surface area contributed by atoms with Crippen LogP contribution in [0.15, 0.2) is 4.42 Å². The maximum atomic E-state index is 11.4. The van der Waals surface area contributed by atoms with Crippen LogP contribution in [0.2, 0.25) is 0 Å². The van der Waals surface area contributed by atoms with Gasteiger partial charge in [-0.15, -0.1) is 16.7 Å². The third-order valence-electron chi connectivity index (χ3n) is 2.30. The summed E-state index contributed by atoms with van der Waals surface area (Å²) >= 11 is 5.54. The van der Waals surface area contributed by atoms with Gasteiger partial charge >= 0.3 is 6.01 Å². The Morgan fingerprint density at radius 2 is 2.27 bits per heavy atom. The highest BCUT2D eigenvalue weighted by Gasteiger charge is 2.24. The third-order valence-corrected chi connectivity index (χ3v) is 2.53. The van der Waals surface area contributed by atoms with Gasteiger partial charge in [-0.25, -0.2) is 0 Å². The Labute approximate surface area is 91.8 Å². The van der Waals surface area contributed by atoms with Crippen LogP contribution in [0.5, 0.6) is 0 Å². The Morgan fingerprint density at radius 3 is 2.87 bits per heavy atom. The normalized spacial score (nSPS) is 17.3. The van der Waals surface area contributed by atoms with Crippen LogP contribution in [0.1, 0.15) is 5.89 Å². The number of alkyl halides is 1. The van der Waals surface area contributed by atoms with Gasteiger partial charge in [0, 0.05) is 20.1 Å². The highest BCUT2D eigenvalue weighted by atomic mass is 35.5. The number of carbonyl (C=O) groups excluding carboxylic acids is 1. The number of nitrogens with zero attached hydrogens (tertiary/aromatic N) is 4. The molecule has 1 aromatic rings. The molecule has 1 amide bonds. The van der Waals surface area contributed by atoms with Gasteiger partial charge in [0.1, 0.15) is 12.4 Å². The molecule has 0 spiro atoms. The van der Waals surface area contributed by atoms with Gasteiger partial charge in [0.05, 0.1) is 0 Å². The molecule has 6 nitrogen and oxygen atoms in total. The van der Waals surface area contributed by atoms with Crippen molar-refractivity contribution in [3.8, 4) is 0 Å². The van der Waals surface area contributed by atoms with Crippen molar-refractivity contribution in [1.29, 1.82) is 0 Å². The number of likely N-dealkylation sites (N-methyl/N-ethyl adjacent to an activating group) is 1. The van der Waals surface area contributed by atoms with Crippen LogP contribution in [0.3, 0.4) is 0 Å². The lowest BCUT2D eigenvalue weighted by molar-refractivity contribution is -0.129. The number of rotatable bonds is 2. The molecule has 1 aliphatic rings. The highest BCUT2D eigenvalue weighted by Crippen LogP contribution is 2.15. The zero-order valence-corrected chi connectivity index (χ0v) is 9.07. The van der Waals surface area contributed by atoms with Crippen molar-refractivity contribution < 1.29 is 9.21 Å². The van der Waals surface area contributed by atoms with Gasteiger partial charge in [0.2, 0.25) is 11.8 Å². The molecule has 0 bridgehead atoms. The van der Waals surface area contributed by atoms with E-state index in [0.717, 1.165) is 0 Å². The van der Waals surface area contributed by atoms with Gasteiger partial charge in [0.15, 0.2) is 0 Å². The van der Waals surface area contributed by atoms with E-state index in [9.17, 15) is 4.79 Å². The van der Waals surface area contributed by atoms with Gasteiger partial charge in [-0.1, -0.05) is 5.10 Å². The molecule has 0 aromatic carbocycles. The minimum Gasteiger partial charge on any atom is -0.407 e. The van der Waals surface area contributed by atoms with Gasteiger partial charge in [-0.3, -0.25) is 4.79 Å². The smallest absolute Gasteiger partial charge is 0.318 e. The van der Waals surface area contributed by atoms with Crippen LogP contribution in [0.25, 0.3) is 0 Å². The zero-order valence-electron chi connectivity index (χ0n) is 8.31. The summed E-state index contributed by atoms with van der Waals surface area (Å²) in [6.07, 6.45) is 0. The molecule has 7 heteroatoms. The Kier molecular flexibility index (Phi) is 2.77. The molecule has 1 aliphatic heterocycles. The first-order chi connectivity index (χ1) is 7.20. The van der Waals surface area contributed by atoms with Gasteiger partial charge in [0.25, 0.3) is 0 Å². The number of piperazine rings is 1. The number of halogens is 1. The zero-order chi connectivity index (χ0) is 10.8. The Morgan fingerprint density at radius 1 is 1.47 bits per heavy atom. The van der Waals surface area contributed by atoms with Crippen LogP contribution in [0.4, 0.5) is 6.01 Å². The molecule has 0 radical (unpaired) electrons. The second-order valence-electron chi connectivity index (χ2n) is 3.35. The van der Waals surface area contributed by atoms with E-state index in [0.29, 0.717) is 25.0 Å². The summed E-state index contributed by atoms with van der Waals surface area (Å²) < 4.78 is 5.26. The van der Waals surface area contributed by atoms with Gasteiger partial charge < -0.3 is 14.2 Å². The number of amides is 1. The fourth-order valence-corrected chi connectivity index (χ4v) is 1.46. The first kappa shape index (κ1) is 10.2. The predicted molar refractivity (Wildman–Crippen MR) is 53.7 cm³/mol. The Bertz CT molecular complexity index is 367. The number of hydrogen-bond donors (Lipinski definition) is 0. The van der Waals surface area contributed by atoms with Gasteiger partial charge in [-0.2, -0.15) is 0 Å². The van der Waals surface area contributed by atoms with E-state index in [1.54, 1.807) is 16.8 Å². The molecule has 15 heavy (non-hydrogen) atoms. The van der Waals surface area contributed by atoms with E-state index in [-0.39, 0.29) is 18.3 Å². The number of aromatic nitrogens is 2. The monoisotopic (exact) mass is 230 g/mol. The summed E-state index contributed by atoms with van der Waals surface area (Å²) in [5.41, 5.74) is 0. The molecule has 0 atom stereocenters. The van der Waals surface area contributed by atoms with Crippen LogP contribution < -0.4 is 4.90 Å². The first-order valence-corrected chi connectivity index (χ1v) is 5.11. The van der Waals surface area contributed by atoms with Crippen LogP contribution in [-0.4, -0.2) is 47.7 Å². The van der Waals surface area contributed by atoms with Crippen molar-refractivity contribution in [2.75, 3.05) is 31.6 Å². The lowest BCUT2D eigenvalue weighted by Crippen LogP contribution is -2.48. The van der Waals surface area contributed by atoms with Crippen molar-refractivity contribution >= 4 is 23.5 Å². The molecule has 1 fully saturated rings. The van der Waals surface area contributed by atoms with E-state index < -0.39 is 0 Å². The minimum atomic E-state index is 0.0480. The average molecular weight is 231 g/mol. The summed E-state index contributed by atoms with van der Waals surface area (Å²) in [5.74, 6) is 0.610. The lowest BCUT2D eigenvalue weighted by Gasteiger charge is -2.30. The highest BCUT2D eigenvalue weighted by molar-refractivity contribution is 6.16. The SMILES string of the molecule is CN1CCN(c2nnc(CCl)o2)CC1=O. The third kappa shape index (κ3) is 2.04. The standard InChI is InChI=1S/C8H11ClN4O2/c1-12-2-3-13(5-7(12)14)8-11-10-6(4-9)15-8/h2-5H2,1H3. The summed E-state index contributed by atoms with van der Waals surface area (Å²) in [5, 5.41) is 7.56. The van der Waals surface area contributed by atoms with Crippen LogP contribution >= 0.6 is 11.6 Å². The van der Waals surface area contributed by atoms with E-state index in [1.165, 1.54) is 0 Å².